The number of carbonyl (C=O) groups is 1. The quantitative estimate of drug-likeness (QED) is 0.714. The van der Waals surface area contributed by atoms with E-state index in [2.05, 4.69) is 15.3 Å². The molecule has 1 aliphatic carbocycles. The summed E-state index contributed by atoms with van der Waals surface area (Å²) < 4.78 is 0. The van der Waals surface area contributed by atoms with Gasteiger partial charge in [-0.25, -0.2) is 9.97 Å². The molecule has 0 radical (unpaired) electrons. The van der Waals surface area contributed by atoms with Crippen LogP contribution in [0.15, 0.2) is 18.7 Å². The number of amides is 1. The fourth-order valence-electron chi connectivity index (χ4n) is 1.26. The van der Waals surface area contributed by atoms with Crippen LogP contribution in [0.4, 0.5) is 5.69 Å². The molecule has 14 heavy (non-hydrogen) atoms. The van der Waals surface area contributed by atoms with Crippen LogP contribution in [-0.4, -0.2) is 21.9 Å². The van der Waals surface area contributed by atoms with E-state index in [1.807, 2.05) is 0 Å². The number of hydrogen-bond acceptors (Lipinski definition) is 4. The lowest BCUT2D eigenvalue weighted by Gasteiger charge is -2.09. The Labute approximate surface area is 81.7 Å². The van der Waals surface area contributed by atoms with Crippen molar-refractivity contribution in [1.82, 2.24) is 9.97 Å². The summed E-state index contributed by atoms with van der Waals surface area (Å²) in [6.07, 6.45) is 6.62. The molecule has 1 unspecified atom stereocenters. The minimum Gasteiger partial charge on any atom is -0.322 e. The minimum absolute atomic E-state index is 0.151. The second kappa shape index (κ2) is 3.71. The van der Waals surface area contributed by atoms with Crippen LogP contribution in [-0.2, 0) is 4.79 Å². The molecule has 3 N–H and O–H groups in total. The Balaban J connectivity index is 1.94. The topological polar surface area (TPSA) is 80.9 Å². The van der Waals surface area contributed by atoms with Crippen molar-refractivity contribution in [2.45, 2.75) is 18.9 Å². The van der Waals surface area contributed by atoms with Crippen LogP contribution in [0.5, 0.6) is 0 Å². The van der Waals surface area contributed by atoms with E-state index in [1.165, 1.54) is 6.33 Å². The molecular weight excluding hydrogens is 180 g/mol. The molecule has 1 fully saturated rings. The number of hydrogen-bond donors (Lipinski definition) is 2. The van der Waals surface area contributed by atoms with Crippen LogP contribution in [0.1, 0.15) is 12.8 Å². The predicted molar refractivity (Wildman–Crippen MR) is 51.4 cm³/mol. The highest BCUT2D eigenvalue weighted by atomic mass is 16.2. The largest absolute Gasteiger partial charge is 0.322 e. The van der Waals surface area contributed by atoms with E-state index in [0.29, 0.717) is 11.6 Å². The lowest BCUT2D eigenvalue weighted by atomic mass is 10.2. The van der Waals surface area contributed by atoms with E-state index in [0.717, 1.165) is 12.8 Å². The predicted octanol–water partition coefficient (Wildman–Crippen LogP) is 0.152. The van der Waals surface area contributed by atoms with Gasteiger partial charge in [0.25, 0.3) is 0 Å². The van der Waals surface area contributed by atoms with Gasteiger partial charge in [0.15, 0.2) is 0 Å². The lowest BCUT2D eigenvalue weighted by Crippen LogP contribution is -2.37. The number of aromatic nitrogens is 2. The van der Waals surface area contributed by atoms with E-state index in [-0.39, 0.29) is 5.91 Å². The summed E-state index contributed by atoms with van der Waals surface area (Å²) in [5, 5.41) is 2.67. The van der Waals surface area contributed by atoms with Gasteiger partial charge in [-0.1, -0.05) is 0 Å². The summed E-state index contributed by atoms with van der Waals surface area (Å²) in [5.74, 6) is 0.210. The summed E-state index contributed by atoms with van der Waals surface area (Å²) >= 11 is 0. The van der Waals surface area contributed by atoms with Gasteiger partial charge in [0.1, 0.15) is 6.33 Å². The maximum Gasteiger partial charge on any atom is 0.241 e. The van der Waals surface area contributed by atoms with Crippen LogP contribution in [0, 0.1) is 5.92 Å². The molecular formula is C9H12N4O. The van der Waals surface area contributed by atoms with Crippen LogP contribution < -0.4 is 11.1 Å². The highest BCUT2D eigenvalue weighted by Crippen LogP contribution is 2.31. The molecule has 1 atom stereocenters. The first-order chi connectivity index (χ1) is 6.77. The first kappa shape index (κ1) is 9.08. The molecule has 1 aromatic heterocycles. The van der Waals surface area contributed by atoms with E-state index in [4.69, 9.17) is 5.73 Å². The van der Waals surface area contributed by atoms with E-state index in [9.17, 15) is 4.79 Å². The number of nitrogens with one attached hydrogen (secondary N) is 1. The van der Waals surface area contributed by atoms with Crippen molar-refractivity contribution in [2.75, 3.05) is 5.32 Å². The van der Waals surface area contributed by atoms with Gasteiger partial charge in [-0.2, -0.15) is 0 Å². The van der Waals surface area contributed by atoms with Crippen molar-refractivity contribution in [1.29, 1.82) is 0 Å². The average molecular weight is 192 g/mol. The molecule has 2 rings (SSSR count). The van der Waals surface area contributed by atoms with Crippen LogP contribution >= 0.6 is 0 Å². The highest BCUT2D eigenvalue weighted by Gasteiger charge is 2.33. The molecule has 0 aliphatic heterocycles. The van der Waals surface area contributed by atoms with Gasteiger partial charge in [0, 0.05) is 0 Å². The minimum atomic E-state index is -0.393. The second-order valence-corrected chi connectivity index (χ2v) is 3.48. The Bertz CT molecular complexity index is 323. The normalized spacial score (nSPS) is 17.5. The number of nitrogens with two attached hydrogens (primary N) is 1. The molecule has 1 aliphatic rings. The molecule has 5 heteroatoms. The number of anilines is 1. The van der Waals surface area contributed by atoms with E-state index in [1.54, 1.807) is 12.4 Å². The molecule has 1 aromatic rings. The van der Waals surface area contributed by atoms with Gasteiger partial charge in [0.05, 0.1) is 24.1 Å². The Morgan fingerprint density at radius 3 is 2.71 bits per heavy atom. The number of rotatable bonds is 3. The fourth-order valence-corrected chi connectivity index (χ4v) is 1.26. The zero-order valence-corrected chi connectivity index (χ0v) is 7.68. The third-order valence-corrected chi connectivity index (χ3v) is 2.26. The van der Waals surface area contributed by atoms with Crippen LogP contribution in [0.3, 0.4) is 0 Å². The molecule has 0 spiro atoms. The summed E-state index contributed by atoms with van der Waals surface area (Å²) in [4.78, 5) is 19.1. The smallest absolute Gasteiger partial charge is 0.241 e. The maximum absolute atomic E-state index is 11.5. The Morgan fingerprint density at radius 2 is 2.14 bits per heavy atom. The molecule has 1 saturated carbocycles. The van der Waals surface area contributed by atoms with Crippen LogP contribution in [0.2, 0.25) is 0 Å². The molecule has 0 saturated heterocycles. The first-order valence-corrected chi connectivity index (χ1v) is 4.59. The van der Waals surface area contributed by atoms with Crippen molar-refractivity contribution >= 4 is 11.6 Å². The third kappa shape index (κ3) is 2.05. The molecule has 1 amide bonds. The van der Waals surface area contributed by atoms with Gasteiger partial charge in [0.2, 0.25) is 5.91 Å². The Morgan fingerprint density at radius 1 is 1.50 bits per heavy atom. The third-order valence-electron chi connectivity index (χ3n) is 2.26. The average Bonchev–Trinajstić information content (AvgIpc) is 3.01. The SMILES string of the molecule is NC(C(=O)Nc1cncnc1)C1CC1. The first-order valence-electron chi connectivity index (χ1n) is 4.59. The number of carbonyl (C=O) groups excluding carboxylic acids is 1. The van der Waals surface area contributed by atoms with Gasteiger partial charge < -0.3 is 11.1 Å². The summed E-state index contributed by atoms with van der Waals surface area (Å²) in [6, 6.07) is -0.393. The molecule has 0 bridgehead atoms. The maximum atomic E-state index is 11.5. The molecule has 74 valence electrons. The molecule has 5 nitrogen and oxygen atoms in total. The highest BCUT2D eigenvalue weighted by molar-refractivity contribution is 5.94. The zero-order chi connectivity index (χ0) is 9.97. The lowest BCUT2D eigenvalue weighted by molar-refractivity contribution is -0.117. The van der Waals surface area contributed by atoms with Crippen molar-refractivity contribution in [3.8, 4) is 0 Å². The standard InChI is InChI=1S/C9H12N4O/c10-8(6-1-2-6)9(14)13-7-3-11-5-12-4-7/h3-6,8H,1-2,10H2,(H,13,14). The van der Waals surface area contributed by atoms with Crippen LogP contribution in [0.25, 0.3) is 0 Å². The summed E-state index contributed by atoms with van der Waals surface area (Å²) in [6.45, 7) is 0. The molecule has 0 aromatic carbocycles. The van der Waals surface area contributed by atoms with E-state index < -0.39 is 6.04 Å². The van der Waals surface area contributed by atoms with Gasteiger partial charge in [-0.15, -0.1) is 0 Å². The van der Waals surface area contributed by atoms with Crippen molar-refractivity contribution < 1.29 is 4.79 Å². The summed E-state index contributed by atoms with van der Waals surface area (Å²) in [5.41, 5.74) is 6.31. The van der Waals surface area contributed by atoms with Gasteiger partial charge in [-0.05, 0) is 18.8 Å². The van der Waals surface area contributed by atoms with Gasteiger partial charge >= 0.3 is 0 Å². The van der Waals surface area contributed by atoms with Crippen molar-refractivity contribution in [3.05, 3.63) is 18.7 Å². The van der Waals surface area contributed by atoms with Gasteiger partial charge in [-0.3, -0.25) is 4.79 Å². The Hall–Kier alpha value is -1.49. The van der Waals surface area contributed by atoms with Crippen molar-refractivity contribution in [3.63, 3.8) is 0 Å². The zero-order valence-electron chi connectivity index (χ0n) is 7.68. The summed E-state index contributed by atoms with van der Waals surface area (Å²) in [7, 11) is 0. The Kier molecular flexibility index (Phi) is 2.41. The van der Waals surface area contributed by atoms with Crippen molar-refractivity contribution in [2.24, 2.45) is 11.7 Å². The second-order valence-electron chi connectivity index (χ2n) is 3.48. The number of nitrogens with zero attached hydrogens (tertiary/aromatic N) is 2. The van der Waals surface area contributed by atoms with E-state index >= 15 is 0 Å². The fraction of sp³-hybridized carbons (Fsp3) is 0.444. The molecule has 1 heterocycles. The monoisotopic (exact) mass is 192 g/mol.